The molecule has 2 amide bonds. The van der Waals surface area contributed by atoms with Crippen molar-refractivity contribution in [1.82, 2.24) is 9.80 Å². The van der Waals surface area contributed by atoms with Gasteiger partial charge in [0.1, 0.15) is 5.37 Å². The van der Waals surface area contributed by atoms with Gasteiger partial charge in [-0.2, -0.15) is 0 Å². The second-order valence-corrected chi connectivity index (χ2v) is 7.38. The summed E-state index contributed by atoms with van der Waals surface area (Å²) in [5, 5.41) is 0.0275. The molecule has 0 saturated carbocycles. The van der Waals surface area contributed by atoms with E-state index in [1.54, 1.807) is 30.8 Å². The minimum Gasteiger partial charge on any atom is -0.345 e. The van der Waals surface area contributed by atoms with Crippen LogP contribution in [0, 0.1) is 0 Å². The van der Waals surface area contributed by atoms with Crippen molar-refractivity contribution in [2.24, 2.45) is 0 Å². The SMILES string of the molecule is CN(C)C(=O)c1ccc(C2SCC(=O)N2CCc2ccccc2)cc1. The van der Waals surface area contributed by atoms with Crippen LogP contribution in [0.4, 0.5) is 0 Å². The minimum atomic E-state index is -0.0114. The fourth-order valence-corrected chi connectivity index (χ4v) is 4.13. The van der Waals surface area contributed by atoms with Crippen molar-refractivity contribution < 1.29 is 9.59 Å². The summed E-state index contributed by atoms with van der Waals surface area (Å²) in [6.45, 7) is 0.707. The molecule has 1 unspecified atom stereocenters. The molecule has 130 valence electrons. The predicted molar refractivity (Wildman–Crippen MR) is 102 cm³/mol. The third-order valence-corrected chi connectivity index (χ3v) is 5.56. The molecular weight excluding hydrogens is 332 g/mol. The lowest BCUT2D eigenvalue weighted by molar-refractivity contribution is -0.128. The van der Waals surface area contributed by atoms with Crippen LogP contribution in [-0.4, -0.2) is 48.0 Å². The summed E-state index contributed by atoms with van der Waals surface area (Å²) in [6.07, 6.45) is 0.848. The van der Waals surface area contributed by atoms with Crippen LogP contribution in [0.5, 0.6) is 0 Å². The molecule has 4 nitrogen and oxygen atoms in total. The Kier molecular flexibility index (Phi) is 5.43. The van der Waals surface area contributed by atoms with E-state index in [0.717, 1.165) is 12.0 Å². The Labute approximate surface area is 152 Å². The molecule has 1 heterocycles. The number of hydrogen-bond acceptors (Lipinski definition) is 3. The Bertz CT molecular complexity index is 744. The molecular formula is C20H22N2O2S. The van der Waals surface area contributed by atoms with Gasteiger partial charge in [-0.15, -0.1) is 11.8 Å². The highest BCUT2D eigenvalue weighted by Crippen LogP contribution is 2.38. The zero-order chi connectivity index (χ0) is 17.8. The van der Waals surface area contributed by atoms with Gasteiger partial charge in [0.05, 0.1) is 5.75 Å². The van der Waals surface area contributed by atoms with Gasteiger partial charge in [-0.05, 0) is 29.7 Å². The zero-order valence-electron chi connectivity index (χ0n) is 14.5. The summed E-state index contributed by atoms with van der Waals surface area (Å²) >= 11 is 1.65. The molecule has 2 aromatic rings. The van der Waals surface area contributed by atoms with Gasteiger partial charge in [-0.3, -0.25) is 9.59 Å². The summed E-state index contributed by atoms with van der Waals surface area (Å²) in [5.74, 6) is 0.680. The second kappa shape index (κ2) is 7.74. The van der Waals surface area contributed by atoms with Crippen molar-refractivity contribution in [2.75, 3.05) is 26.4 Å². The lowest BCUT2D eigenvalue weighted by Crippen LogP contribution is -2.30. The summed E-state index contributed by atoms with van der Waals surface area (Å²) in [6, 6.07) is 17.8. The lowest BCUT2D eigenvalue weighted by Gasteiger charge is -2.24. The number of hydrogen-bond donors (Lipinski definition) is 0. The number of benzene rings is 2. The summed E-state index contributed by atoms with van der Waals surface area (Å²) in [7, 11) is 3.49. The molecule has 1 atom stereocenters. The van der Waals surface area contributed by atoms with Crippen molar-refractivity contribution in [3.05, 3.63) is 71.3 Å². The molecule has 0 bridgehead atoms. The Morgan fingerprint density at radius 2 is 1.80 bits per heavy atom. The molecule has 0 N–H and O–H groups in total. The van der Waals surface area contributed by atoms with Gasteiger partial charge in [0.2, 0.25) is 5.91 Å². The Balaban J connectivity index is 1.71. The van der Waals surface area contributed by atoms with E-state index in [1.807, 2.05) is 47.4 Å². The molecule has 1 fully saturated rings. The van der Waals surface area contributed by atoms with E-state index in [-0.39, 0.29) is 17.2 Å². The van der Waals surface area contributed by atoms with E-state index in [0.29, 0.717) is 17.9 Å². The zero-order valence-corrected chi connectivity index (χ0v) is 15.3. The molecule has 0 aromatic heterocycles. The van der Waals surface area contributed by atoms with Crippen molar-refractivity contribution >= 4 is 23.6 Å². The van der Waals surface area contributed by atoms with Gasteiger partial charge in [-0.1, -0.05) is 42.5 Å². The first-order valence-corrected chi connectivity index (χ1v) is 9.38. The van der Waals surface area contributed by atoms with E-state index >= 15 is 0 Å². The molecule has 0 spiro atoms. The van der Waals surface area contributed by atoms with Crippen LogP contribution in [0.25, 0.3) is 0 Å². The fraction of sp³-hybridized carbons (Fsp3) is 0.300. The van der Waals surface area contributed by atoms with E-state index in [4.69, 9.17) is 0 Å². The smallest absolute Gasteiger partial charge is 0.253 e. The maximum absolute atomic E-state index is 12.3. The first-order valence-electron chi connectivity index (χ1n) is 8.33. The van der Waals surface area contributed by atoms with Crippen LogP contribution in [0.2, 0.25) is 0 Å². The number of thioether (sulfide) groups is 1. The second-order valence-electron chi connectivity index (χ2n) is 6.31. The number of carbonyl (C=O) groups excluding carboxylic acids is 2. The molecule has 1 aliphatic rings. The third-order valence-electron chi connectivity index (χ3n) is 4.30. The Morgan fingerprint density at radius 1 is 1.12 bits per heavy atom. The van der Waals surface area contributed by atoms with Gasteiger partial charge in [-0.25, -0.2) is 0 Å². The quantitative estimate of drug-likeness (QED) is 0.828. The van der Waals surface area contributed by atoms with Gasteiger partial charge < -0.3 is 9.80 Å². The fourth-order valence-electron chi connectivity index (χ4n) is 2.91. The number of rotatable bonds is 5. The predicted octanol–water partition coefficient (Wildman–Crippen LogP) is 3.21. The number of carbonyl (C=O) groups is 2. The summed E-state index contributed by atoms with van der Waals surface area (Å²) in [4.78, 5) is 27.8. The maximum atomic E-state index is 12.3. The topological polar surface area (TPSA) is 40.6 Å². The third kappa shape index (κ3) is 4.04. The van der Waals surface area contributed by atoms with Crippen LogP contribution < -0.4 is 0 Å². The number of amides is 2. The molecule has 0 aliphatic carbocycles. The van der Waals surface area contributed by atoms with Crippen molar-refractivity contribution in [3.8, 4) is 0 Å². The first-order chi connectivity index (χ1) is 12.1. The molecule has 0 radical (unpaired) electrons. The van der Waals surface area contributed by atoms with Crippen molar-refractivity contribution in [2.45, 2.75) is 11.8 Å². The van der Waals surface area contributed by atoms with Crippen molar-refractivity contribution in [1.29, 1.82) is 0 Å². The standard InChI is InChI=1S/C20H22N2O2S/c1-21(2)19(24)16-8-10-17(11-9-16)20-22(18(23)14-25-20)13-12-15-6-4-3-5-7-15/h3-11,20H,12-14H2,1-2H3. The number of nitrogens with zero attached hydrogens (tertiary/aromatic N) is 2. The first kappa shape index (κ1) is 17.5. The van der Waals surface area contributed by atoms with Crippen LogP contribution in [0.1, 0.15) is 26.9 Å². The van der Waals surface area contributed by atoms with Crippen molar-refractivity contribution in [3.63, 3.8) is 0 Å². The normalized spacial score (nSPS) is 17.0. The van der Waals surface area contributed by atoms with Crippen LogP contribution in [0.15, 0.2) is 54.6 Å². The van der Waals surface area contributed by atoms with Gasteiger partial charge in [0.15, 0.2) is 0 Å². The van der Waals surface area contributed by atoms with Gasteiger partial charge in [0.25, 0.3) is 5.91 Å². The van der Waals surface area contributed by atoms with E-state index < -0.39 is 0 Å². The van der Waals surface area contributed by atoms with Crippen LogP contribution in [-0.2, 0) is 11.2 Å². The highest BCUT2D eigenvalue weighted by atomic mass is 32.2. The molecule has 2 aromatic carbocycles. The van der Waals surface area contributed by atoms with Crippen LogP contribution >= 0.6 is 11.8 Å². The van der Waals surface area contributed by atoms with E-state index in [1.165, 1.54) is 5.56 Å². The van der Waals surface area contributed by atoms with Gasteiger partial charge in [0, 0.05) is 26.2 Å². The minimum absolute atomic E-state index is 0.0114. The highest BCUT2D eigenvalue weighted by molar-refractivity contribution is 8.00. The molecule has 5 heteroatoms. The largest absolute Gasteiger partial charge is 0.345 e. The molecule has 1 aliphatic heterocycles. The molecule has 3 rings (SSSR count). The lowest BCUT2D eigenvalue weighted by atomic mass is 10.1. The molecule has 1 saturated heterocycles. The summed E-state index contributed by atoms with van der Waals surface area (Å²) < 4.78 is 0. The average Bonchev–Trinajstić information content (AvgIpc) is 3.01. The average molecular weight is 354 g/mol. The Morgan fingerprint density at radius 3 is 2.44 bits per heavy atom. The maximum Gasteiger partial charge on any atom is 0.253 e. The van der Waals surface area contributed by atoms with Gasteiger partial charge >= 0.3 is 0 Å². The van der Waals surface area contributed by atoms with Crippen LogP contribution in [0.3, 0.4) is 0 Å². The van der Waals surface area contributed by atoms with E-state index in [9.17, 15) is 9.59 Å². The monoisotopic (exact) mass is 354 g/mol. The molecule has 25 heavy (non-hydrogen) atoms. The highest BCUT2D eigenvalue weighted by Gasteiger charge is 2.32. The Hall–Kier alpha value is -2.27. The summed E-state index contributed by atoms with van der Waals surface area (Å²) in [5.41, 5.74) is 2.97. The van der Waals surface area contributed by atoms with E-state index in [2.05, 4.69) is 12.1 Å².